The van der Waals surface area contributed by atoms with E-state index in [1.165, 1.54) is 7.11 Å². The van der Waals surface area contributed by atoms with Crippen LogP contribution in [0.25, 0.3) is 10.9 Å². The lowest BCUT2D eigenvalue weighted by molar-refractivity contribution is -0.143. The van der Waals surface area contributed by atoms with Gasteiger partial charge in [0.25, 0.3) is 0 Å². The molecule has 0 radical (unpaired) electrons. The van der Waals surface area contributed by atoms with Crippen molar-refractivity contribution >= 4 is 22.8 Å². The van der Waals surface area contributed by atoms with Crippen LogP contribution in [-0.4, -0.2) is 36.7 Å². The Hall–Kier alpha value is -3.56. The summed E-state index contributed by atoms with van der Waals surface area (Å²) in [5.41, 5.74) is 4.46. The zero-order valence-corrected chi connectivity index (χ0v) is 15.9. The molecule has 146 valence electrons. The number of carbonyl (C=O) groups excluding carboxylic acids is 2. The maximum Gasteiger partial charge on any atom is 0.339 e. The Kier molecular flexibility index (Phi) is 5.07. The maximum atomic E-state index is 12.3. The first-order valence-electron chi connectivity index (χ1n) is 9.26. The second kappa shape index (κ2) is 7.82. The van der Waals surface area contributed by atoms with Crippen LogP contribution in [0.4, 0.5) is 0 Å². The van der Waals surface area contributed by atoms with Crippen molar-refractivity contribution in [1.82, 2.24) is 10.3 Å². The van der Waals surface area contributed by atoms with Crippen LogP contribution in [0.1, 0.15) is 33.2 Å². The minimum absolute atomic E-state index is 0.0655. The van der Waals surface area contributed by atoms with Gasteiger partial charge in [-0.1, -0.05) is 36.3 Å². The highest BCUT2D eigenvalue weighted by atomic mass is 16.5. The molecule has 0 unspecified atom stereocenters. The molecular weight excluding hydrogens is 368 g/mol. The summed E-state index contributed by atoms with van der Waals surface area (Å²) in [5.74, 6) is 1.50. The Balaban J connectivity index is 1.72. The first kappa shape index (κ1) is 18.8. The zero-order valence-electron chi connectivity index (χ0n) is 15.9. The van der Waals surface area contributed by atoms with Crippen LogP contribution in [0, 0.1) is 12.3 Å². The van der Waals surface area contributed by atoms with E-state index in [-0.39, 0.29) is 18.6 Å². The van der Waals surface area contributed by atoms with Gasteiger partial charge in [0.15, 0.2) is 6.61 Å². The number of para-hydroxylation sites is 1. The molecule has 1 aromatic heterocycles. The predicted molar refractivity (Wildman–Crippen MR) is 108 cm³/mol. The van der Waals surface area contributed by atoms with E-state index in [0.29, 0.717) is 12.0 Å². The molecule has 0 aliphatic carbocycles. The monoisotopic (exact) mass is 388 g/mol. The fraction of sp³-hybridized carbons (Fsp3) is 0.217. The molecule has 29 heavy (non-hydrogen) atoms. The summed E-state index contributed by atoms with van der Waals surface area (Å²) in [6.07, 6.45) is 5.67. The fourth-order valence-electron chi connectivity index (χ4n) is 3.79. The maximum absolute atomic E-state index is 12.3. The summed E-state index contributed by atoms with van der Waals surface area (Å²) in [7, 11) is 1.39. The molecule has 4 rings (SSSR count). The normalized spacial score (nSPS) is 17.9. The Labute approximate surface area is 168 Å². The average molecular weight is 388 g/mol. The number of benzene rings is 2. The third-order valence-electron chi connectivity index (χ3n) is 5.16. The zero-order chi connectivity index (χ0) is 20.4. The Morgan fingerprint density at radius 2 is 1.93 bits per heavy atom. The molecule has 2 atom stereocenters. The lowest BCUT2D eigenvalue weighted by Gasteiger charge is -2.30. The molecule has 0 saturated heterocycles. The van der Waals surface area contributed by atoms with Gasteiger partial charge in [-0.3, -0.25) is 10.1 Å². The summed E-state index contributed by atoms with van der Waals surface area (Å²) in [6.45, 7) is -0.0655. The fourth-order valence-corrected chi connectivity index (χ4v) is 3.79. The molecule has 0 saturated carbocycles. The van der Waals surface area contributed by atoms with Crippen molar-refractivity contribution in [2.24, 2.45) is 0 Å². The number of fused-ring (bicyclic) bond motifs is 3. The van der Waals surface area contributed by atoms with Gasteiger partial charge in [-0.05, 0) is 29.3 Å². The van der Waals surface area contributed by atoms with E-state index in [2.05, 4.69) is 16.2 Å². The molecule has 0 amide bonds. The van der Waals surface area contributed by atoms with Crippen molar-refractivity contribution in [3.8, 4) is 12.3 Å². The number of hydrogen-bond acceptors (Lipinski definition) is 5. The number of H-pyrrole nitrogens is 1. The van der Waals surface area contributed by atoms with Gasteiger partial charge >= 0.3 is 11.9 Å². The summed E-state index contributed by atoms with van der Waals surface area (Å²) >= 11 is 0. The van der Waals surface area contributed by atoms with E-state index in [0.717, 1.165) is 27.7 Å². The molecule has 2 N–H and O–H groups in total. The SMILES string of the molecule is C#CCOC(=O)c1ccc([C@@H]2N[C@@H](C(=O)OC)Cc3c2[nH]c2ccccc32)cc1. The van der Waals surface area contributed by atoms with Gasteiger partial charge < -0.3 is 14.5 Å². The summed E-state index contributed by atoms with van der Waals surface area (Å²) < 4.78 is 9.94. The predicted octanol–water partition coefficient (Wildman–Crippen LogP) is 2.73. The lowest BCUT2D eigenvalue weighted by atomic mass is 9.90. The van der Waals surface area contributed by atoms with Gasteiger partial charge in [0.05, 0.1) is 18.7 Å². The Morgan fingerprint density at radius 1 is 1.17 bits per heavy atom. The number of terminal acetylenes is 1. The van der Waals surface area contributed by atoms with Crippen molar-refractivity contribution in [2.75, 3.05) is 13.7 Å². The molecule has 0 spiro atoms. The van der Waals surface area contributed by atoms with Crippen molar-refractivity contribution < 1.29 is 19.1 Å². The number of aromatic nitrogens is 1. The van der Waals surface area contributed by atoms with Gasteiger partial charge in [0, 0.05) is 23.0 Å². The third-order valence-corrected chi connectivity index (χ3v) is 5.16. The van der Waals surface area contributed by atoms with Gasteiger partial charge in [0.1, 0.15) is 6.04 Å². The molecule has 6 heteroatoms. The van der Waals surface area contributed by atoms with E-state index in [1.54, 1.807) is 12.1 Å². The second-order valence-corrected chi connectivity index (χ2v) is 6.84. The van der Waals surface area contributed by atoms with Crippen molar-refractivity contribution in [1.29, 1.82) is 0 Å². The number of esters is 2. The van der Waals surface area contributed by atoms with E-state index < -0.39 is 12.0 Å². The number of methoxy groups -OCH3 is 1. The minimum Gasteiger partial charge on any atom is -0.468 e. The molecule has 3 aromatic rings. The molecule has 1 aliphatic rings. The molecule has 1 aliphatic heterocycles. The highest BCUT2D eigenvalue weighted by Gasteiger charge is 2.34. The average Bonchev–Trinajstić information content (AvgIpc) is 3.15. The summed E-state index contributed by atoms with van der Waals surface area (Å²) in [5, 5.41) is 4.47. The summed E-state index contributed by atoms with van der Waals surface area (Å²) in [4.78, 5) is 27.7. The number of carbonyl (C=O) groups is 2. The van der Waals surface area contributed by atoms with E-state index in [9.17, 15) is 9.59 Å². The van der Waals surface area contributed by atoms with Crippen molar-refractivity contribution in [3.05, 3.63) is 70.9 Å². The quantitative estimate of drug-likeness (QED) is 0.531. The van der Waals surface area contributed by atoms with Crippen LogP contribution in [0.3, 0.4) is 0 Å². The van der Waals surface area contributed by atoms with Gasteiger partial charge in [0.2, 0.25) is 0 Å². The van der Waals surface area contributed by atoms with Crippen LogP contribution in [-0.2, 0) is 20.7 Å². The molecule has 0 fully saturated rings. The minimum atomic E-state index is -0.468. The summed E-state index contributed by atoms with van der Waals surface area (Å²) in [6, 6.07) is 14.4. The van der Waals surface area contributed by atoms with Crippen molar-refractivity contribution in [3.63, 3.8) is 0 Å². The first-order valence-corrected chi connectivity index (χ1v) is 9.26. The number of nitrogens with one attached hydrogen (secondary N) is 2. The standard InChI is InChI=1S/C23H20N2O4/c1-3-12-29-22(26)15-10-8-14(9-11-15)20-21-17(13-19(25-20)23(27)28-2)16-6-4-5-7-18(16)24-21/h1,4-11,19-20,24-25H,12-13H2,2H3/t19-,20+/m1/s1. The number of rotatable bonds is 4. The van der Waals surface area contributed by atoms with Crippen molar-refractivity contribution in [2.45, 2.75) is 18.5 Å². The van der Waals surface area contributed by atoms with Crippen LogP contribution in [0.2, 0.25) is 0 Å². The smallest absolute Gasteiger partial charge is 0.339 e. The first-order chi connectivity index (χ1) is 14.1. The second-order valence-electron chi connectivity index (χ2n) is 6.84. The Bertz CT molecular complexity index is 1110. The van der Waals surface area contributed by atoms with E-state index in [1.807, 2.05) is 36.4 Å². The van der Waals surface area contributed by atoms with Crippen LogP contribution >= 0.6 is 0 Å². The van der Waals surface area contributed by atoms with Gasteiger partial charge in [-0.2, -0.15) is 0 Å². The van der Waals surface area contributed by atoms with Crippen LogP contribution < -0.4 is 5.32 Å². The topological polar surface area (TPSA) is 80.4 Å². The van der Waals surface area contributed by atoms with E-state index in [4.69, 9.17) is 15.9 Å². The molecular formula is C23H20N2O4. The number of ether oxygens (including phenoxy) is 2. The molecule has 6 nitrogen and oxygen atoms in total. The van der Waals surface area contributed by atoms with E-state index >= 15 is 0 Å². The van der Waals surface area contributed by atoms with Gasteiger partial charge in [-0.15, -0.1) is 6.42 Å². The highest BCUT2D eigenvalue weighted by molar-refractivity contribution is 5.90. The molecule has 0 bridgehead atoms. The number of hydrogen-bond donors (Lipinski definition) is 2. The van der Waals surface area contributed by atoms with Gasteiger partial charge in [-0.25, -0.2) is 4.79 Å². The molecule has 2 heterocycles. The molecule has 2 aromatic carbocycles. The third kappa shape index (κ3) is 3.48. The van der Waals surface area contributed by atoms with Crippen LogP contribution in [0.15, 0.2) is 48.5 Å². The lowest BCUT2D eigenvalue weighted by Crippen LogP contribution is -2.45. The largest absolute Gasteiger partial charge is 0.468 e. The number of aromatic amines is 1. The van der Waals surface area contributed by atoms with Crippen LogP contribution in [0.5, 0.6) is 0 Å². The highest BCUT2D eigenvalue weighted by Crippen LogP contribution is 2.35. The Morgan fingerprint density at radius 3 is 2.66 bits per heavy atom.